The second-order valence-electron chi connectivity index (χ2n) is 6.59. The molecule has 0 aliphatic rings. The van der Waals surface area contributed by atoms with Crippen LogP contribution in [0.5, 0.6) is 5.75 Å². The van der Waals surface area contributed by atoms with Gasteiger partial charge in [0.15, 0.2) is 11.4 Å². The van der Waals surface area contributed by atoms with Crippen LogP contribution in [0.3, 0.4) is 0 Å². The van der Waals surface area contributed by atoms with Crippen molar-refractivity contribution in [1.82, 2.24) is 15.1 Å². The number of alkyl halides is 3. The lowest BCUT2D eigenvalue weighted by Crippen LogP contribution is -2.29. The summed E-state index contributed by atoms with van der Waals surface area (Å²) in [5, 5.41) is 6.22. The standard InChI is InChI=1S/C21H20F3N3O2/c1-14-8-9-16(12-15(14)2)10-11-25-20(28)29-18-13-26-27(19(18)21(22,23)24)17-6-4-3-5-7-17/h3-9,12-13H,10-11H2,1-2H3,(H,25,28). The van der Waals surface area contributed by atoms with E-state index < -0.39 is 23.7 Å². The molecule has 0 unspecified atom stereocenters. The van der Waals surface area contributed by atoms with Crippen molar-refractivity contribution in [2.24, 2.45) is 0 Å². The summed E-state index contributed by atoms with van der Waals surface area (Å²) < 4.78 is 46.3. The van der Waals surface area contributed by atoms with Gasteiger partial charge >= 0.3 is 12.3 Å². The summed E-state index contributed by atoms with van der Waals surface area (Å²) in [6, 6.07) is 13.8. The molecule has 0 atom stereocenters. The largest absolute Gasteiger partial charge is 0.437 e. The van der Waals surface area contributed by atoms with Crippen molar-refractivity contribution in [3.8, 4) is 11.4 Å². The molecule has 0 spiro atoms. The molecule has 1 amide bonds. The average Bonchev–Trinajstić information content (AvgIpc) is 3.09. The predicted octanol–water partition coefficient (Wildman–Crippen LogP) is 4.84. The zero-order valence-corrected chi connectivity index (χ0v) is 16.0. The number of aryl methyl sites for hydroxylation is 2. The van der Waals surface area contributed by atoms with E-state index in [0.29, 0.717) is 11.1 Å². The first-order valence-electron chi connectivity index (χ1n) is 8.98. The molecule has 0 saturated heterocycles. The van der Waals surface area contributed by atoms with Crippen LogP contribution in [0.15, 0.2) is 54.7 Å². The van der Waals surface area contributed by atoms with Gasteiger partial charge in [-0.25, -0.2) is 9.48 Å². The van der Waals surface area contributed by atoms with E-state index in [1.165, 1.54) is 12.1 Å². The minimum Gasteiger partial charge on any atom is -0.406 e. The Labute approximate surface area is 166 Å². The quantitative estimate of drug-likeness (QED) is 0.663. The first kappa shape index (κ1) is 20.4. The Morgan fingerprint density at radius 3 is 2.48 bits per heavy atom. The Kier molecular flexibility index (Phi) is 5.91. The van der Waals surface area contributed by atoms with Gasteiger partial charge in [-0.15, -0.1) is 0 Å². The second kappa shape index (κ2) is 8.38. The number of hydrogen-bond acceptors (Lipinski definition) is 3. The number of aromatic nitrogens is 2. The van der Waals surface area contributed by atoms with Gasteiger partial charge in [-0.3, -0.25) is 0 Å². The van der Waals surface area contributed by atoms with E-state index in [9.17, 15) is 18.0 Å². The summed E-state index contributed by atoms with van der Waals surface area (Å²) in [5.41, 5.74) is 2.38. The molecule has 152 valence electrons. The molecule has 1 aromatic heterocycles. The van der Waals surface area contributed by atoms with E-state index in [-0.39, 0.29) is 12.2 Å². The zero-order chi connectivity index (χ0) is 21.0. The lowest BCUT2D eigenvalue weighted by molar-refractivity contribution is -0.143. The summed E-state index contributed by atoms with van der Waals surface area (Å²) in [7, 11) is 0. The van der Waals surface area contributed by atoms with Crippen LogP contribution in [-0.4, -0.2) is 22.4 Å². The van der Waals surface area contributed by atoms with E-state index in [1.807, 2.05) is 32.0 Å². The number of benzene rings is 2. The molecule has 3 rings (SSSR count). The molecule has 0 fully saturated rings. The summed E-state index contributed by atoms with van der Waals surface area (Å²) in [4.78, 5) is 12.0. The zero-order valence-electron chi connectivity index (χ0n) is 16.0. The predicted molar refractivity (Wildman–Crippen MR) is 102 cm³/mol. The topological polar surface area (TPSA) is 56.1 Å². The van der Waals surface area contributed by atoms with Gasteiger partial charge in [0.2, 0.25) is 0 Å². The van der Waals surface area contributed by atoms with Crippen molar-refractivity contribution in [3.05, 3.63) is 77.1 Å². The molecule has 0 aliphatic heterocycles. The van der Waals surface area contributed by atoms with Crippen LogP contribution in [0.25, 0.3) is 5.69 Å². The minimum absolute atomic E-state index is 0.213. The summed E-state index contributed by atoms with van der Waals surface area (Å²) in [5.74, 6) is -0.648. The van der Waals surface area contributed by atoms with Crippen LogP contribution < -0.4 is 10.1 Å². The highest BCUT2D eigenvalue weighted by molar-refractivity contribution is 5.70. The molecule has 8 heteroatoms. The number of carbonyl (C=O) groups is 1. The van der Waals surface area contributed by atoms with Crippen molar-refractivity contribution < 1.29 is 22.7 Å². The number of para-hydroxylation sites is 1. The fourth-order valence-electron chi connectivity index (χ4n) is 2.84. The number of hydrogen-bond donors (Lipinski definition) is 1. The average molecular weight is 403 g/mol. The van der Waals surface area contributed by atoms with Crippen LogP contribution in [0, 0.1) is 13.8 Å². The minimum atomic E-state index is -4.75. The molecular weight excluding hydrogens is 383 g/mol. The first-order valence-corrected chi connectivity index (χ1v) is 8.98. The van der Waals surface area contributed by atoms with Crippen molar-refractivity contribution in [2.75, 3.05) is 6.54 Å². The van der Waals surface area contributed by atoms with Gasteiger partial charge in [0.05, 0.1) is 11.9 Å². The van der Waals surface area contributed by atoms with Crippen LogP contribution in [0.4, 0.5) is 18.0 Å². The highest BCUT2D eigenvalue weighted by Gasteiger charge is 2.40. The summed E-state index contributed by atoms with van der Waals surface area (Å²) in [6.07, 6.45) is -4.29. The molecule has 1 N–H and O–H groups in total. The molecule has 5 nitrogen and oxygen atoms in total. The lowest BCUT2D eigenvalue weighted by Gasteiger charge is -2.13. The van der Waals surface area contributed by atoms with Gasteiger partial charge in [0.25, 0.3) is 0 Å². The maximum absolute atomic E-state index is 13.5. The fourth-order valence-corrected chi connectivity index (χ4v) is 2.84. The van der Waals surface area contributed by atoms with Crippen molar-refractivity contribution in [1.29, 1.82) is 0 Å². The summed E-state index contributed by atoms with van der Waals surface area (Å²) in [6.45, 7) is 4.22. The molecule has 0 saturated carbocycles. The first-order chi connectivity index (χ1) is 13.8. The van der Waals surface area contributed by atoms with Crippen molar-refractivity contribution in [3.63, 3.8) is 0 Å². The van der Waals surface area contributed by atoms with Gasteiger partial charge in [-0.1, -0.05) is 36.4 Å². The number of carbonyl (C=O) groups excluding carboxylic acids is 1. The smallest absolute Gasteiger partial charge is 0.406 e. The number of amides is 1. The van der Waals surface area contributed by atoms with Crippen LogP contribution in [0.2, 0.25) is 0 Å². The van der Waals surface area contributed by atoms with E-state index >= 15 is 0 Å². The van der Waals surface area contributed by atoms with E-state index in [0.717, 1.165) is 22.9 Å². The third kappa shape index (κ3) is 4.96. The number of nitrogens with zero attached hydrogens (tertiary/aromatic N) is 2. The number of rotatable bonds is 5. The molecule has 3 aromatic rings. The van der Waals surface area contributed by atoms with Gasteiger partial charge in [0.1, 0.15) is 0 Å². The molecular formula is C21H20F3N3O2. The number of halogens is 3. The van der Waals surface area contributed by atoms with Gasteiger partial charge in [0, 0.05) is 6.54 Å². The molecule has 29 heavy (non-hydrogen) atoms. The maximum atomic E-state index is 13.5. The summed E-state index contributed by atoms with van der Waals surface area (Å²) >= 11 is 0. The van der Waals surface area contributed by atoms with Crippen LogP contribution >= 0.6 is 0 Å². The Balaban J connectivity index is 1.68. The van der Waals surface area contributed by atoms with Crippen molar-refractivity contribution >= 4 is 6.09 Å². The fraction of sp³-hybridized carbons (Fsp3) is 0.238. The number of ether oxygens (including phenoxy) is 1. The van der Waals surface area contributed by atoms with Gasteiger partial charge in [-0.05, 0) is 49.1 Å². The SMILES string of the molecule is Cc1ccc(CCNC(=O)Oc2cnn(-c3ccccc3)c2C(F)(F)F)cc1C. The third-order valence-corrected chi connectivity index (χ3v) is 4.46. The molecule has 1 heterocycles. The maximum Gasteiger partial charge on any atom is 0.437 e. The third-order valence-electron chi connectivity index (χ3n) is 4.46. The Morgan fingerprint density at radius 1 is 1.10 bits per heavy atom. The molecule has 2 aromatic carbocycles. The van der Waals surface area contributed by atoms with Crippen LogP contribution in [-0.2, 0) is 12.6 Å². The normalized spacial score (nSPS) is 11.3. The monoisotopic (exact) mass is 403 g/mol. The van der Waals surface area contributed by atoms with Crippen molar-refractivity contribution in [2.45, 2.75) is 26.4 Å². The highest BCUT2D eigenvalue weighted by atomic mass is 19.4. The number of nitrogens with one attached hydrogen (secondary N) is 1. The Morgan fingerprint density at radius 2 is 1.83 bits per heavy atom. The highest BCUT2D eigenvalue weighted by Crippen LogP contribution is 2.37. The molecule has 0 aliphatic carbocycles. The lowest BCUT2D eigenvalue weighted by atomic mass is 10.0. The van der Waals surface area contributed by atoms with Gasteiger partial charge in [-0.2, -0.15) is 18.3 Å². The van der Waals surface area contributed by atoms with E-state index in [1.54, 1.807) is 18.2 Å². The van der Waals surface area contributed by atoms with E-state index in [4.69, 9.17) is 4.74 Å². The second-order valence-corrected chi connectivity index (χ2v) is 6.59. The van der Waals surface area contributed by atoms with E-state index in [2.05, 4.69) is 10.4 Å². The van der Waals surface area contributed by atoms with Crippen LogP contribution in [0.1, 0.15) is 22.4 Å². The Bertz CT molecular complexity index is 998. The Hall–Kier alpha value is -3.29. The molecule has 0 bridgehead atoms. The van der Waals surface area contributed by atoms with Gasteiger partial charge < -0.3 is 10.1 Å². The molecule has 0 radical (unpaired) electrons.